The molecule has 6 nitrogen and oxygen atoms in total. The molecule has 0 atom stereocenters. The standard InChI is InChI=1S/C20H21N3O3/c1-24-14-6-4-13(5-7-14)23-20-16(10-11-21-20)19(22-23)17-12-15(25-2)8-9-18(17)26-3/h4-9,12,21H,10-11H2,1-3H3. The zero-order valence-electron chi connectivity index (χ0n) is 15.1. The molecule has 1 aliphatic rings. The Balaban J connectivity index is 1.86. The normalized spacial score (nSPS) is 12.4. The lowest BCUT2D eigenvalue weighted by molar-refractivity contribution is 0.404. The number of nitrogens with zero attached hydrogens (tertiary/aromatic N) is 2. The third kappa shape index (κ3) is 2.63. The Morgan fingerprint density at radius 3 is 2.35 bits per heavy atom. The van der Waals surface area contributed by atoms with E-state index in [4.69, 9.17) is 19.3 Å². The van der Waals surface area contributed by atoms with E-state index in [9.17, 15) is 0 Å². The summed E-state index contributed by atoms with van der Waals surface area (Å²) in [5.74, 6) is 3.40. The largest absolute Gasteiger partial charge is 0.497 e. The molecule has 1 aromatic heterocycles. The Labute approximate surface area is 152 Å². The molecule has 0 unspecified atom stereocenters. The zero-order chi connectivity index (χ0) is 18.1. The van der Waals surface area contributed by atoms with E-state index in [-0.39, 0.29) is 0 Å². The minimum Gasteiger partial charge on any atom is -0.497 e. The van der Waals surface area contributed by atoms with Gasteiger partial charge in [-0.15, -0.1) is 0 Å². The van der Waals surface area contributed by atoms with Crippen molar-refractivity contribution in [3.63, 3.8) is 0 Å². The van der Waals surface area contributed by atoms with Crippen molar-refractivity contribution in [3.8, 4) is 34.2 Å². The van der Waals surface area contributed by atoms with E-state index in [0.29, 0.717) is 0 Å². The van der Waals surface area contributed by atoms with Crippen LogP contribution in [0, 0.1) is 0 Å². The van der Waals surface area contributed by atoms with Crippen LogP contribution in [0.4, 0.5) is 5.82 Å². The molecule has 134 valence electrons. The van der Waals surface area contributed by atoms with E-state index in [1.54, 1.807) is 21.3 Å². The van der Waals surface area contributed by atoms with Crippen LogP contribution in [0.3, 0.4) is 0 Å². The third-order valence-corrected chi connectivity index (χ3v) is 4.63. The van der Waals surface area contributed by atoms with Gasteiger partial charge in [0.25, 0.3) is 0 Å². The van der Waals surface area contributed by atoms with Crippen molar-refractivity contribution in [2.45, 2.75) is 6.42 Å². The number of nitrogens with one attached hydrogen (secondary N) is 1. The zero-order valence-corrected chi connectivity index (χ0v) is 15.1. The van der Waals surface area contributed by atoms with E-state index in [1.165, 1.54) is 5.56 Å². The first-order chi connectivity index (χ1) is 12.7. The second-order valence-corrected chi connectivity index (χ2v) is 6.03. The van der Waals surface area contributed by atoms with Crippen molar-refractivity contribution in [1.82, 2.24) is 9.78 Å². The quantitative estimate of drug-likeness (QED) is 0.762. The molecular weight excluding hydrogens is 330 g/mol. The third-order valence-electron chi connectivity index (χ3n) is 4.63. The molecule has 4 rings (SSSR count). The fourth-order valence-electron chi connectivity index (χ4n) is 3.30. The summed E-state index contributed by atoms with van der Waals surface area (Å²) in [5, 5.41) is 8.34. The summed E-state index contributed by atoms with van der Waals surface area (Å²) in [4.78, 5) is 0. The highest BCUT2D eigenvalue weighted by molar-refractivity contribution is 5.77. The van der Waals surface area contributed by atoms with E-state index in [1.807, 2.05) is 47.1 Å². The number of rotatable bonds is 5. The number of hydrogen-bond donors (Lipinski definition) is 1. The minimum absolute atomic E-state index is 0.777. The van der Waals surface area contributed by atoms with Gasteiger partial charge in [-0.25, -0.2) is 4.68 Å². The fraction of sp³-hybridized carbons (Fsp3) is 0.250. The minimum atomic E-state index is 0.777. The highest BCUT2D eigenvalue weighted by Gasteiger charge is 2.26. The fourth-order valence-corrected chi connectivity index (χ4v) is 3.30. The Morgan fingerprint density at radius 1 is 0.923 bits per heavy atom. The van der Waals surface area contributed by atoms with E-state index >= 15 is 0 Å². The van der Waals surface area contributed by atoms with Crippen molar-refractivity contribution < 1.29 is 14.2 Å². The van der Waals surface area contributed by atoms with Crippen molar-refractivity contribution in [2.24, 2.45) is 0 Å². The second kappa shape index (κ2) is 6.63. The molecule has 0 bridgehead atoms. The average molecular weight is 351 g/mol. The lowest BCUT2D eigenvalue weighted by Gasteiger charge is -2.10. The maximum atomic E-state index is 5.56. The predicted molar refractivity (Wildman–Crippen MR) is 101 cm³/mol. The van der Waals surface area contributed by atoms with E-state index in [0.717, 1.165) is 53.0 Å². The summed E-state index contributed by atoms with van der Waals surface area (Å²) < 4.78 is 18.1. The lowest BCUT2D eigenvalue weighted by Crippen LogP contribution is -2.04. The van der Waals surface area contributed by atoms with Crippen molar-refractivity contribution in [3.05, 3.63) is 48.0 Å². The molecule has 0 fully saturated rings. The molecule has 6 heteroatoms. The molecule has 0 spiro atoms. The number of methoxy groups -OCH3 is 3. The first-order valence-electron chi connectivity index (χ1n) is 8.47. The topological polar surface area (TPSA) is 57.5 Å². The van der Waals surface area contributed by atoms with Gasteiger partial charge < -0.3 is 19.5 Å². The second-order valence-electron chi connectivity index (χ2n) is 6.03. The summed E-state index contributed by atoms with van der Waals surface area (Å²) in [6.07, 6.45) is 0.918. The predicted octanol–water partition coefficient (Wildman–Crippen LogP) is 3.53. The van der Waals surface area contributed by atoms with Gasteiger partial charge in [0.05, 0.1) is 27.0 Å². The number of anilines is 1. The average Bonchev–Trinajstić information content (AvgIpc) is 3.30. The van der Waals surface area contributed by atoms with Gasteiger partial charge in [-0.1, -0.05) is 0 Å². The van der Waals surface area contributed by atoms with Gasteiger partial charge in [0.2, 0.25) is 0 Å². The smallest absolute Gasteiger partial charge is 0.133 e. The van der Waals surface area contributed by atoms with Crippen molar-refractivity contribution >= 4 is 5.82 Å². The monoisotopic (exact) mass is 351 g/mol. The molecule has 2 heterocycles. The van der Waals surface area contributed by atoms with Gasteiger partial charge in [0.1, 0.15) is 28.8 Å². The summed E-state index contributed by atoms with van der Waals surface area (Å²) in [5.41, 5.74) is 4.01. The Morgan fingerprint density at radius 2 is 1.65 bits per heavy atom. The molecule has 26 heavy (non-hydrogen) atoms. The maximum absolute atomic E-state index is 5.56. The maximum Gasteiger partial charge on any atom is 0.133 e. The van der Waals surface area contributed by atoms with Gasteiger partial charge in [0, 0.05) is 17.7 Å². The number of ether oxygens (including phenoxy) is 3. The summed E-state index contributed by atoms with van der Waals surface area (Å²) in [7, 11) is 4.99. The molecule has 3 aromatic rings. The van der Waals surface area contributed by atoms with Crippen LogP contribution in [-0.4, -0.2) is 37.7 Å². The molecule has 0 radical (unpaired) electrons. The highest BCUT2D eigenvalue weighted by Crippen LogP contribution is 2.40. The van der Waals surface area contributed by atoms with Crippen LogP contribution < -0.4 is 19.5 Å². The summed E-state index contributed by atoms with van der Waals surface area (Å²) >= 11 is 0. The SMILES string of the molecule is COc1ccc(-n2nc(-c3cc(OC)ccc3OC)c3c2NCC3)cc1. The number of hydrogen-bond acceptors (Lipinski definition) is 5. The molecule has 1 N–H and O–H groups in total. The van der Waals surface area contributed by atoms with Crippen molar-refractivity contribution in [1.29, 1.82) is 0 Å². The Kier molecular flexibility index (Phi) is 4.16. The molecule has 0 amide bonds. The Bertz CT molecular complexity index is 932. The molecule has 1 aliphatic heterocycles. The van der Waals surface area contributed by atoms with Crippen LogP contribution >= 0.6 is 0 Å². The van der Waals surface area contributed by atoms with Gasteiger partial charge in [-0.2, -0.15) is 5.10 Å². The molecule has 0 saturated carbocycles. The first kappa shape index (κ1) is 16.3. The lowest BCUT2D eigenvalue weighted by atomic mass is 10.1. The molecule has 2 aromatic carbocycles. The van der Waals surface area contributed by atoms with E-state index in [2.05, 4.69) is 5.32 Å². The van der Waals surface area contributed by atoms with Crippen LogP contribution in [0.25, 0.3) is 16.9 Å². The Hall–Kier alpha value is -3.15. The van der Waals surface area contributed by atoms with E-state index < -0.39 is 0 Å². The van der Waals surface area contributed by atoms with Crippen LogP contribution in [0.1, 0.15) is 5.56 Å². The number of aromatic nitrogens is 2. The van der Waals surface area contributed by atoms with Gasteiger partial charge in [-0.05, 0) is 48.9 Å². The highest BCUT2D eigenvalue weighted by atomic mass is 16.5. The van der Waals surface area contributed by atoms with Crippen molar-refractivity contribution in [2.75, 3.05) is 33.2 Å². The number of benzene rings is 2. The molecular formula is C20H21N3O3. The van der Waals surface area contributed by atoms with Gasteiger partial charge in [-0.3, -0.25) is 0 Å². The number of fused-ring (bicyclic) bond motifs is 1. The molecule has 0 saturated heterocycles. The summed E-state index contributed by atoms with van der Waals surface area (Å²) in [6, 6.07) is 13.6. The van der Waals surface area contributed by atoms with Crippen LogP contribution in [-0.2, 0) is 6.42 Å². The first-order valence-corrected chi connectivity index (χ1v) is 8.47. The van der Waals surface area contributed by atoms with Gasteiger partial charge in [0.15, 0.2) is 0 Å². The van der Waals surface area contributed by atoms with Gasteiger partial charge >= 0.3 is 0 Å². The molecule has 0 aliphatic carbocycles. The summed E-state index contributed by atoms with van der Waals surface area (Å²) in [6.45, 7) is 0.891. The van der Waals surface area contributed by atoms with Crippen LogP contribution in [0.5, 0.6) is 17.2 Å². The van der Waals surface area contributed by atoms with Crippen LogP contribution in [0.2, 0.25) is 0 Å². The van der Waals surface area contributed by atoms with Crippen LogP contribution in [0.15, 0.2) is 42.5 Å².